The van der Waals surface area contributed by atoms with Crippen LogP contribution in [-0.2, 0) is 4.79 Å². The zero-order valence-corrected chi connectivity index (χ0v) is 12.7. The molecule has 2 amide bonds. The van der Waals surface area contributed by atoms with E-state index in [0.717, 1.165) is 5.69 Å². The van der Waals surface area contributed by atoms with E-state index in [1.54, 1.807) is 4.90 Å². The maximum atomic E-state index is 12.3. The van der Waals surface area contributed by atoms with Crippen LogP contribution in [0.5, 0.6) is 0 Å². The minimum atomic E-state index is -0.549. The highest BCUT2D eigenvalue weighted by Crippen LogP contribution is 2.21. The maximum absolute atomic E-state index is 12.3. The number of hydrogen-bond acceptors (Lipinski definition) is 4. The van der Waals surface area contributed by atoms with E-state index >= 15 is 0 Å². The van der Waals surface area contributed by atoms with E-state index in [4.69, 9.17) is 0 Å². The van der Waals surface area contributed by atoms with Gasteiger partial charge >= 0.3 is 0 Å². The van der Waals surface area contributed by atoms with Crippen LogP contribution in [0.15, 0.2) is 54.6 Å². The Morgan fingerprint density at radius 3 is 2.62 bits per heavy atom. The van der Waals surface area contributed by atoms with Gasteiger partial charge in [0.2, 0.25) is 5.91 Å². The first-order chi connectivity index (χ1) is 11.5. The second-order valence-corrected chi connectivity index (χ2v) is 5.52. The zero-order valence-electron chi connectivity index (χ0n) is 12.7. The number of anilines is 1. The number of amides is 2. The molecule has 1 aliphatic heterocycles. The van der Waals surface area contributed by atoms with Crippen molar-refractivity contribution in [3.05, 3.63) is 70.3 Å². The van der Waals surface area contributed by atoms with E-state index in [1.807, 2.05) is 30.3 Å². The summed E-state index contributed by atoms with van der Waals surface area (Å²) in [6.07, 6.45) is 0.204. The third-order valence-electron chi connectivity index (χ3n) is 3.85. The lowest BCUT2D eigenvalue weighted by molar-refractivity contribution is -0.384. The molecule has 0 spiro atoms. The Labute approximate surface area is 138 Å². The molecule has 3 rings (SSSR count). The lowest BCUT2D eigenvalue weighted by atomic mass is 10.1. The standard InChI is InChI=1S/C17H15N3O4/c21-16-10-13(11-19(16)14-6-2-1-3-7-14)18-17(22)12-5-4-8-15(9-12)20(23)24/h1-9,13H,10-11H2,(H,18,22)/t13-/m0/s1. The number of nitro benzene ring substituents is 1. The molecule has 0 aliphatic carbocycles. The van der Waals surface area contributed by atoms with Crippen LogP contribution in [0.25, 0.3) is 0 Å². The van der Waals surface area contributed by atoms with Crippen LogP contribution in [0.2, 0.25) is 0 Å². The predicted octanol–water partition coefficient (Wildman–Crippen LogP) is 2.13. The predicted molar refractivity (Wildman–Crippen MR) is 87.8 cm³/mol. The Balaban J connectivity index is 1.69. The van der Waals surface area contributed by atoms with Gasteiger partial charge in [-0.05, 0) is 18.2 Å². The van der Waals surface area contributed by atoms with Crippen LogP contribution >= 0.6 is 0 Å². The van der Waals surface area contributed by atoms with Crippen LogP contribution in [0.3, 0.4) is 0 Å². The molecule has 0 bridgehead atoms. The largest absolute Gasteiger partial charge is 0.347 e. The van der Waals surface area contributed by atoms with Crippen molar-refractivity contribution >= 4 is 23.2 Å². The molecule has 7 nitrogen and oxygen atoms in total. The van der Waals surface area contributed by atoms with Gasteiger partial charge in [-0.25, -0.2) is 0 Å². The van der Waals surface area contributed by atoms with Crippen molar-refractivity contribution in [1.82, 2.24) is 5.32 Å². The molecule has 0 unspecified atom stereocenters. The van der Waals surface area contributed by atoms with Gasteiger partial charge in [-0.1, -0.05) is 24.3 Å². The number of rotatable bonds is 4. The Hall–Kier alpha value is -3.22. The number of carbonyl (C=O) groups excluding carboxylic acids is 2. The Morgan fingerprint density at radius 1 is 1.17 bits per heavy atom. The molecule has 122 valence electrons. The normalized spacial score (nSPS) is 16.9. The summed E-state index contributed by atoms with van der Waals surface area (Å²) < 4.78 is 0. The van der Waals surface area contributed by atoms with Crippen molar-refractivity contribution in [3.63, 3.8) is 0 Å². The highest BCUT2D eigenvalue weighted by molar-refractivity contribution is 5.99. The van der Waals surface area contributed by atoms with Gasteiger partial charge in [-0.3, -0.25) is 19.7 Å². The monoisotopic (exact) mass is 325 g/mol. The van der Waals surface area contributed by atoms with Gasteiger partial charge in [-0.15, -0.1) is 0 Å². The molecule has 2 aromatic carbocycles. The van der Waals surface area contributed by atoms with Gasteiger partial charge in [0.1, 0.15) is 0 Å². The minimum absolute atomic E-state index is 0.0643. The molecule has 1 aliphatic rings. The number of non-ortho nitro benzene ring substituents is 1. The van der Waals surface area contributed by atoms with Gasteiger partial charge in [0.05, 0.1) is 11.0 Å². The van der Waals surface area contributed by atoms with Crippen LogP contribution in [0, 0.1) is 10.1 Å². The molecule has 0 aromatic heterocycles. The second kappa shape index (κ2) is 6.49. The number of carbonyl (C=O) groups is 2. The van der Waals surface area contributed by atoms with E-state index in [1.165, 1.54) is 24.3 Å². The minimum Gasteiger partial charge on any atom is -0.347 e. The number of benzene rings is 2. The summed E-state index contributed by atoms with van der Waals surface area (Å²) >= 11 is 0. The summed E-state index contributed by atoms with van der Waals surface area (Å²) in [6, 6.07) is 14.4. The summed E-state index contributed by atoms with van der Waals surface area (Å²) in [5.74, 6) is -0.489. The fourth-order valence-corrected chi connectivity index (χ4v) is 2.69. The molecule has 24 heavy (non-hydrogen) atoms. The molecule has 2 aromatic rings. The van der Waals surface area contributed by atoms with Crippen molar-refractivity contribution in [1.29, 1.82) is 0 Å². The van der Waals surface area contributed by atoms with Gasteiger partial charge in [-0.2, -0.15) is 0 Å². The third-order valence-corrected chi connectivity index (χ3v) is 3.85. The molecule has 1 N–H and O–H groups in total. The summed E-state index contributed by atoms with van der Waals surface area (Å²) in [4.78, 5) is 36.3. The second-order valence-electron chi connectivity index (χ2n) is 5.52. The highest BCUT2D eigenvalue weighted by Gasteiger charge is 2.31. The van der Waals surface area contributed by atoms with E-state index in [9.17, 15) is 19.7 Å². The molecule has 7 heteroatoms. The molecule has 0 saturated carbocycles. The highest BCUT2D eigenvalue weighted by atomic mass is 16.6. The fourth-order valence-electron chi connectivity index (χ4n) is 2.69. The van der Waals surface area contributed by atoms with E-state index in [2.05, 4.69) is 5.32 Å². The quantitative estimate of drug-likeness (QED) is 0.688. The van der Waals surface area contributed by atoms with E-state index < -0.39 is 10.8 Å². The van der Waals surface area contributed by atoms with Crippen LogP contribution in [0.4, 0.5) is 11.4 Å². The van der Waals surface area contributed by atoms with Crippen molar-refractivity contribution in [2.24, 2.45) is 0 Å². The Bertz CT molecular complexity index is 791. The number of nitrogens with zero attached hydrogens (tertiary/aromatic N) is 2. The number of nitro groups is 1. The Kier molecular flexibility index (Phi) is 4.24. The summed E-state index contributed by atoms with van der Waals surface area (Å²) in [5, 5.41) is 13.6. The lowest BCUT2D eigenvalue weighted by Gasteiger charge is -2.17. The van der Waals surface area contributed by atoms with E-state index in [-0.39, 0.29) is 29.6 Å². The first-order valence-corrected chi connectivity index (χ1v) is 7.45. The van der Waals surface area contributed by atoms with Gasteiger partial charge < -0.3 is 10.2 Å². The van der Waals surface area contributed by atoms with Gasteiger partial charge in [0, 0.05) is 36.3 Å². The lowest BCUT2D eigenvalue weighted by Crippen LogP contribution is -2.37. The molecule has 0 radical (unpaired) electrons. The average molecular weight is 325 g/mol. The van der Waals surface area contributed by atoms with E-state index in [0.29, 0.717) is 6.54 Å². The average Bonchev–Trinajstić information content (AvgIpc) is 2.96. The zero-order chi connectivity index (χ0) is 17.1. The summed E-state index contributed by atoms with van der Waals surface area (Å²) in [6.45, 7) is 0.378. The maximum Gasteiger partial charge on any atom is 0.270 e. The van der Waals surface area contributed by atoms with Gasteiger partial charge in [0.15, 0.2) is 0 Å². The van der Waals surface area contributed by atoms with Crippen molar-refractivity contribution in [3.8, 4) is 0 Å². The molecular formula is C17H15N3O4. The summed E-state index contributed by atoms with van der Waals surface area (Å²) in [7, 11) is 0. The van der Waals surface area contributed by atoms with Crippen LogP contribution in [0.1, 0.15) is 16.8 Å². The third kappa shape index (κ3) is 3.24. The topological polar surface area (TPSA) is 92.6 Å². The number of hydrogen-bond donors (Lipinski definition) is 1. The first kappa shape index (κ1) is 15.7. The summed E-state index contributed by atoms with van der Waals surface area (Å²) in [5.41, 5.74) is 0.848. The van der Waals surface area contributed by atoms with Crippen molar-refractivity contribution < 1.29 is 14.5 Å². The molecule has 1 atom stereocenters. The number of nitrogens with one attached hydrogen (secondary N) is 1. The molecule has 1 heterocycles. The van der Waals surface area contributed by atoms with Crippen LogP contribution < -0.4 is 10.2 Å². The smallest absolute Gasteiger partial charge is 0.270 e. The number of para-hydroxylation sites is 1. The van der Waals surface area contributed by atoms with Crippen molar-refractivity contribution in [2.45, 2.75) is 12.5 Å². The first-order valence-electron chi connectivity index (χ1n) is 7.45. The fraction of sp³-hybridized carbons (Fsp3) is 0.176. The van der Waals surface area contributed by atoms with Gasteiger partial charge in [0.25, 0.3) is 11.6 Å². The molecule has 1 saturated heterocycles. The van der Waals surface area contributed by atoms with Crippen LogP contribution in [-0.4, -0.2) is 29.3 Å². The molecule has 1 fully saturated rings. The Morgan fingerprint density at radius 2 is 1.92 bits per heavy atom. The molecular weight excluding hydrogens is 310 g/mol. The SMILES string of the molecule is O=C(N[C@H]1CC(=O)N(c2ccccc2)C1)c1cccc([N+](=O)[O-])c1. The van der Waals surface area contributed by atoms with Crippen molar-refractivity contribution in [2.75, 3.05) is 11.4 Å².